The van der Waals surface area contributed by atoms with Gasteiger partial charge in [0.2, 0.25) is 5.91 Å². The molecule has 0 saturated heterocycles. The predicted octanol–water partition coefficient (Wildman–Crippen LogP) is 4.51. The molecule has 148 valence electrons. The molecule has 0 heterocycles. The molecular weight excluding hydrogens is 408 g/mol. The van der Waals surface area contributed by atoms with Gasteiger partial charge in [-0.1, -0.05) is 40.9 Å². The maximum atomic E-state index is 12.8. The second-order valence-electron chi connectivity index (χ2n) is 8.83. The molecule has 2 amide bonds. The highest BCUT2D eigenvalue weighted by Crippen LogP contribution is 2.48. The van der Waals surface area contributed by atoms with E-state index in [-0.39, 0.29) is 17.4 Å². The Morgan fingerprint density at radius 1 is 1.19 bits per heavy atom. The van der Waals surface area contributed by atoms with Crippen LogP contribution in [0, 0.1) is 5.92 Å². The van der Waals surface area contributed by atoms with Crippen molar-refractivity contribution < 1.29 is 14.3 Å². The number of amides is 2. The molecule has 2 unspecified atom stereocenters. The molecule has 5 nitrogen and oxygen atoms in total. The van der Waals surface area contributed by atoms with Gasteiger partial charge < -0.3 is 15.4 Å². The summed E-state index contributed by atoms with van der Waals surface area (Å²) in [5, 5.41) is 6.12. The first kappa shape index (κ1) is 20.2. The van der Waals surface area contributed by atoms with Gasteiger partial charge in [-0.2, -0.15) is 0 Å². The fourth-order valence-electron chi connectivity index (χ4n) is 3.87. The summed E-state index contributed by atoms with van der Waals surface area (Å²) in [5.41, 5.74) is 0.342. The van der Waals surface area contributed by atoms with Crippen LogP contribution in [-0.2, 0) is 9.53 Å². The molecule has 0 aliphatic heterocycles. The average Bonchev–Trinajstić information content (AvgIpc) is 3.25. The van der Waals surface area contributed by atoms with Gasteiger partial charge in [0, 0.05) is 16.9 Å². The van der Waals surface area contributed by atoms with Crippen LogP contribution in [0.3, 0.4) is 0 Å². The largest absolute Gasteiger partial charge is 0.444 e. The number of alkyl carbamates (subject to hydrolysis) is 1. The van der Waals surface area contributed by atoms with Crippen LogP contribution in [-0.4, -0.2) is 29.7 Å². The Hall–Kier alpha value is -1.56. The third-order valence-electron chi connectivity index (χ3n) is 5.34. The van der Waals surface area contributed by atoms with Gasteiger partial charge in [-0.15, -0.1) is 0 Å². The van der Waals surface area contributed by atoms with E-state index in [1.165, 1.54) is 5.56 Å². The van der Waals surface area contributed by atoms with E-state index in [2.05, 4.69) is 38.7 Å². The highest BCUT2D eigenvalue weighted by Gasteiger charge is 2.47. The average molecular weight is 437 g/mol. The first-order chi connectivity index (χ1) is 12.7. The van der Waals surface area contributed by atoms with E-state index in [0.717, 1.165) is 36.6 Å². The Labute approximate surface area is 169 Å². The summed E-state index contributed by atoms with van der Waals surface area (Å²) >= 11 is 3.45. The van der Waals surface area contributed by atoms with Crippen molar-refractivity contribution in [2.45, 2.75) is 69.9 Å². The first-order valence-electron chi connectivity index (χ1n) is 9.72. The van der Waals surface area contributed by atoms with Gasteiger partial charge in [-0.25, -0.2) is 4.79 Å². The Balaban J connectivity index is 1.55. The van der Waals surface area contributed by atoms with Gasteiger partial charge in [0.25, 0.3) is 0 Å². The number of benzene rings is 1. The monoisotopic (exact) mass is 436 g/mol. The molecule has 0 bridgehead atoms. The van der Waals surface area contributed by atoms with Crippen LogP contribution in [0.4, 0.5) is 4.79 Å². The molecule has 2 saturated carbocycles. The minimum atomic E-state index is -0.526. The summed E-state index contributed by atoms with van der Waals surface area (Å²) in [6.07, 6.45) is 4.38. The SMILES string of the molecule is CC(C)(C)OC(=O)NCC1(NC(=O)C2CC2c2ccc(Br)cc2)CCCC1. The number of hydrogen-bond donors (Lipinski definition) is 2. The lowest BCUT2D eigenvalue weighted by Crippen LogP contribution is -2.54. The van der Waals surface area contributed by atoms with Crippen LogP contribution in [0.15, 0.2) is 28.7 Å². The fraction of sp³-hybridized carbons (Fsp3) is 0.619. The summed E-state index contributed by atoms with van der Waals surface area (Å²) < 4.78 is 6.37. The van der Waals surface area contributed by atoms with Gasteiger partial charge in [-0.05, 0) is 63.6 Å². The summed E-state index contributed by atoms with van der Waals surface area (Å²) in [4.78, 5) is 24.8. The van der Waals surface area contributed by atoms with E-state index in [1.807, 2.05) is 32.9 Å². The van der Waals surface area contributed by atoms with E-state index < -0.39 is 11.7 Å². The molecule has 0 radical (unpaired) electrons. The van der Waals surface area contributed by atoms with E-state index in [1.54, 1.807) is 0 Å². The third-order valence-corrected chi connectivity index (χ3v) is 5.87. The molecule has 3 rings (SSSR count). The van der Waals surface area contributed by atoms with Crippen LogP contribution in [0.1, 0.15) is 64.4 Å². The van der Waals surface area contributed by atoms with Crippen molar-refractivity contribution in [1.82, 2.24) is 10.6 Å². The third kappa shape index (κ3) is 5.47. The van der Waals surface area contributed by atoms with E-state index in [4.69, 9.17) is 4.74 Å². The number of ether oxygens (including phenoxy) is 1. The number of carbonyl (C=O) groups excluding carboxylic acids is 2. The minimum Gasteiger partial charge on any atom is -0.444 e. The number of halogens is 1. The van der Waals surface area contributed by atoms with Crippen molar-refractivity contribution >= 4 is 27.9 Å². The molecule has 27 heavy (non-hydrogen) atoms. The van der Waals surface area contributed by atoms with Crippen LogP contribution in [0.25, 0.3) is 0 Å². The van der Waals surface area contributed by atoms with Crippen molar-refractivity contribution in [1.29, 1.82) is 0 Å². The first-order valence-corrected chi connectivity index (χ1v) is 10.5. The van der Waals surface area contributed by atoms with Gasteiger partial charge in [-0.3, -0.25) is 4.79 Å². The molecule has 2 atom stereocenters. The molecule has 6 heteroatoms. The maximum absolute atomic E-state index is 12.8. The molecule has 2 fully saturated rings. The molecule has 0 spiro atoms. The quantitative estimate of drug-likeness (QED) is 0.713. The van der Waals surface area contributed by atoms with E-state index in [0.29, 0.717) is 12.5 Å². The molecule has 0 aromatic heterocycles. The number of rotatable bonds is 5. The van der Waals surface area contributed by atoms with Crippen LogP contribution < -0.4 is 10.6 Å². The van der Waals surface area contributed by atoms with E-state index >= 15 is 0 Å². The Morgan fingerprint density at radius 2 is 1.81 bits per heavy atom. The molecule has 2 aliphatic carbocycles. The second kappa shape index (κ2) is 7.82. The zero-order valence-corrected chi connectivity index (χ0v) is 17.9. The molecular formula is C21H29BrN2O3. The second-order valence-corrected chi connectivity index (χ2v) is 9.75. The van der Waals surface area contributed by atoms with Crippen LogP contribution in [0.5, 0.6) is 0 Å². The summed E-state index contributed by atoms with van der Waals surface area (Å²) in [6.45, 7) is 5.95. The summed E-state index contributed by atoms with van der Waals surface area (Å²) in [7, 11) is 0. The Bertz CT molecular complexity index is 690. The van der Waals surface area contributed by atoms with Gasteiger partial charge >= 0.3 is 6.09 Å². The van der Waals surface area contributed by atoms with E-state index in [9.17, 15) is 9.59 Å². The predicted molar refractivity (Wildman–Crippen MR) is 109 cm³/mol. The van der Waals surface area contributed by atoms with Crippen molar-refractivity contribution in [3.63, 3.8) is 0 Å². The highest BCUT2D eigenvalue weighted by atomic mass is 79.9. The maximum Gasteiger partial charge on any atom is 0.407 e. The Kier molecular flexibility index (Phi) is 5.84. The minimum absolute atomic E-state index is 0.0326. The lowest BCUT2D eigenvalue weighted by atomic mass is 9.96. The normalized spacial score (nSPS) is 23.6. The van der Waals surface area contributed by atoms with Gasteiger partial charge in [0.1, 0.15) is 5.60 Å². The lowest BCUT2D eigenvalue weighted by molar-refractivity contribution is -0.124. The van der Waals surface area contributed by atoms with Crippen LogP contribution in [0.2, 0.25) is 0 Å². The zero-order valence-electron chi connectivity index (χ0n) is 16.3. The fourth-order valence-corrected chi connectivity index (χ4v) is 4.13. The summed E-state index contributed by atoms with van der Waals surface area (Å²) in [6, 6.07) is 8.20. The van der Waals surface area contributed by atoms with Gasteiger partial charge in [0.15, 0.2) is 0 Å². The molecule has 2 aliphatic rings. The number of hydrogen-bond acceptors (Lipinski definition) is 3. The smallest absolute Gasteiger partial charge is 0.407 e. The summed E-state index contributed by atoms with van der Waals surface area (Å²) in [5.74, 6) is 0.441. The standard InChI is InChI=1S/C21H29BrN2O3/c1-20(2,3)27-19(26)23-13-21(10-4-5-11-21)24-18(25)17-12-16(17)14-6-8-15(22)9-7-14/h6-9,16-17H,4-5,10-13H2,1-3H3,(H,23,26)(H,24,25). The van der Waals surface area contributed by atoms with Crippen LogP contribution >= 0.6 is 15.9 Å². The Morgan fingerprint density at radius 3 is 2.41 bits per heavy atom. The zero-order chi connectivity index (χ0) is 19.7. The topological polar surface area (TPSA) is 67.4 Å². The lowest BCUT2D eigenvalue weighted by Gasteiger charge is -2.31. The van der Waals surface area contributed by atoms with Crippen molar-refractivity contribution in [3.05, 3.63) is 34.3 Å². The molecule has 1 aromatic carbocycles. The van der Waals surface area contributed by atoms with Gasteiger partial charge in [0.05, 0.1) is 5.54 Å². The van der Waals surface area contributed by atoms with Crippen molar-refractivity contribution in [2.75, 3.05) is 6.54 Å². The van der Waals surface area contributed by atoms with Crippen molar-refractivity contribution in [2.24, 2.45) is 5.92 Å². The number of carbonyl (C=O) groups is 2. The molecule has 2 N–H and O–H groups in total. The van der Waals surface area contributed by atoms with Crippen molar-refractivity contribution in [3.8, 4) is 0 Å². The molecule has 1 aromatic rings. The number of nitrogens with one attached hydrogen (secondary N) is 2. The highest BCUT2D eigenvalue weighted by molar-refractivity contribution is 9.10.